The van der Waals surface area contributed by atoms with E-state index in [-0.39, 0.29) is 11.8 Å². The number of carboxylic acid groups (broad SMARTS) is 1. The number of rotatable bonds is 11. The Hall–Kier alpha value is -1.10. The summed E-state index contributed by atoms with van der Waals surface area (Å²) in [6, 6.07) is -0.783. The van der Waals surface area contributed by atoms with Crippen LogP contribution in [0.4, 0.5) is 0 Å². The fourth-order valence-corrected chi connectivity index (χ4v) is 2.01. The average molecular weight is 272 g/mol. The van der Waals surface area contributed by atoms with Crippen molar-refractivity contribution in [2.75, 3.05) is 6.54 Å². The minimum atomic E-state index is -0.962. The molecule has 5 nitrogen and oxygen atoms in total. The van der Waals surface area contributed by atoms with E-state index in [1.165, 1.54) is 0 Å². The molecule has 1 unspecified atom stereocenters. The summed E-state index contributed by atoms with van der Waals surface area (Å²) in [5.41, 5.74) is 5.38. The van der Waals surface area contributed by atoms with Gasteiger partial charge in [0.2, 0.25) is 5.91 Å². The fraction of sp³-hybridized carbons (Fsp3) is 0.857. The van der Waals surface area contributed by atoms with Crippen LogP contribution in [0.15, 0.2) is 0 Å². The van der Waals surface area contributed by atoms with Gasteiger partial charge < -0.3 is 16.2 Å². The van der Waals surface area contributed by atoms with Gasteiger partial charge >= 0.3 is 5.97 Å². The molecule has 0 fully saturated rings. The number of amides is 1. The number of carbonyl (C=O) groups excluding carboxylic acids is 1. The maximum Gasteiger partial charge on any atom is 0.326 e. The molecule has 0 aromatic rings. The lowest BCUT2D eigenvalue weighted by Crippen LogP contribution is -2.43. The molecule has 0 radical (unpaired) electrons. The van der Waals surface area contributed by atoms with Crippen LogP contribution in [-0.4, -0.2) is 29.6 Å². The van der Waals surface area contributed by atoms with Gasteiger partial charge in [-0.2, -0.15) is 0 Å². The highest BCUT2D eigenvalue weighted by Crippen LogP contribution is 2.13. The number of nitrogens with two attached hydrogens (primary N) is 1. The minimum absolute atomic E-state index is 0.0729. The summed E-state index contributed by atoms with van der Waals surface area (Å²) in [4.78, 5) is 23.1. The van der Waals surface area contributed by atoms with Crippen molar-refractivity contribution in [3.63, 3.8) is 0 Å². The van der Waals surface area contributed by atoms with Crippen molar-refractivity contribution in [2.45, 2.75) is 64.8 Å². The number of unbranched alkanes of at least 4 members (excludes halogenated alkanes) is 2. The molecule has 0 aromatic heterocycles. The summed E-state index contributed by atoms with van der Waals surface area (Å²) in [5, 5.41) is 11.8. The third-order valence-corrected chi connectivity index (χ3v) is 3.33. The second-order valence-corrected chi connectivity index (χ2v) is 4.93. The lowest BCUT2D eigenvalue weighted by molar-refractivity contribution is -0.142. The van der Waals surface area contributed by atoms with E-state index < -0.39 is 12.0 Å². The summed E-state index contributed by atoms with van der Waals surface area (Å²) in [6.45, 7) is 4.59. The summed E-state index contributed by atoms with van der Waals surface area (Å²) < 4.78 is 0. The molecule has 1 amide bonds. The van der Waals surface area contributed by atoms with E-state index in [9.17, 15) is 9.59 Å². The first-order valence-corrected chi connectivity index (χ1v) is 7.30. The predicted octanol–water partition coefficient (Wildman–Crippen LogP) is 1.90. The van der Waals surface area contributed by atoms with Crippen LogP contribution in [-0.2, 0) is 9.59 Å². The standard InChI is InChI=1S/C14H28N2O3/c1-3-5-8-11(4-2)13(17)16-12(14(18)19)9-6-7-10-15/h11-12H,3-10,15H2,1-2H3,(H,16,17)(H,18,19)/t11?,12-/m0/s1. The zero-order chi connectivity index (χ0) is 14.7. The van der Waals surface area contributed by atoms with E-state index in [0.717, 1.165) is 38.5 Å². The first-order chi connectivity index (χ1) is 9.06. The van der Waals surface area contributed by atoms with Crippen molar-refractivity contribution in [2.24, 2.45) is 11.7 Å². The summed E-state index contributed by atoms with van der Waals surface area (Å²) >= 11 is 0. The van der Waals surface area contributed by atoms with E-state index in [1.54, 1.807) is 0 Å². The van der Waals surface area contributed by atoms with Crippen LogP contribution >= 0.6 is 0 Å². The molecule has 0 aliphatic carbocycles. The monoisotopic (exact) mass is 272 g/mol. The molecular weight excluding hydrogens is 244 g/mol. The number of aliphatic carboxylic acids is 1. The highest BCUT2D eigenvalue weighted by molar-refractivity contribution is 5.84. The van der Waals surface area contributed by atoms with Gasteiger partial charge in [-0.15, -0.1) is 0 Å². The quantitative estimate of drug-likeness (QED) is 0.501. The molecule has 0 saturated carbocycles. The molecule has 112 valence electrons. The molecule has 0 heterocycles. The van der Waals surface area contributed by atoms with Gasteiger partial charge in [0.1, 0.15) is 6.04 Å². The molecule has 0 spiro atoms. The SMILES string of the molecule is CCCCC(CC)C(=O)N[C@@H](CCCCN)C(=O)O. The number of carbonyl (C=O) groups is 2. The lowest BCUT2D eigenvalue weighted by atomic mass is 9.97. The van der Waals surface area contributed by atoms with Crippen LogP contribution in [0.1, 0.15) is 58.8 Å². The molecule has 0 aliphatic rings. The maximum absolute atomic E-state index is 12.0. The first-order valence-electron chi connectivity index (χ1n) is 7.30. The van der Waals surface area contributed by atoms with Crippen molar-refractivity contribution < 1.29 is 14.7 Å². The summed E-state index contributed by atoms with van der Waals surface area (Å²) in [6.07, 6.45) is 5.57. The Balaban J connectivity index is 4.30. The van der Waals surface area contributed by atoms with Crippen LogP contribution in [0.5, 0.6) is 0 Å². The second kappa shape index (κ2) is 10.8. The van der Waals surface area contributed by atoms with E-state index in [0.29, 0.717) is 13.0 Å². The normalized spacial score (nSPS) is 13.8. The Labute approximate surface area is 115 Å². The Morgan fingerprint density at radius 1 is 1.16 bits per heavy atom. The molecule has 4 N–H and O–H groups in total. The van der Waals surface area contributed by atoms with Crippen molar-refractivity contribution in [1.82, 2.24) is 5.32 Å². The zero-order valence-electron chi connectivity index (χ0n) is 12.2. The van der Waals surface area contributed by atoms with E-state index >= 15 is 0 Å². The first kappa shape index (κ1) is 17.9. The molecule has 2 atom stereocenters. The van der Waals surface area contributed by atoms with Gasteiger partial charge in [0, 0.05) is 5.92 Å². The van der Waals surface area contributed by atoms with Crippen molar-refractivity contribution in [1.29, 1.82) is 0 Å². The van der Waals surface area contributed by atoms with Crippen LogP contribution < -0.4 is 11.1 Å². The van der Waals surface area contributed by atoms with Gasteiger partial charge in [-0.1, -0.05) is 26.7 Å². The molecule has 0 bridgehead atoms. The highest BCUT2D eigenvalue weighted by atomic mass is 16.4. The molecule has 0 aliphatic heterocycles. The van der Waals surface area contributed by atoms with Gasteiger partial charge in [-0.3, -0.25) is 4.79 Å². The fourth-order valence-electron chi connectivity index (χ4n) is 2.01. The smallest absolute Gasteiger partial charge is 0.326 e. The van der Waals surface area contributed by atoms with Crippen LogP contribution in [0.2, 0.25) is 0 Å². The van der Waals surface area contributed by atoms with Gasteiger partial charge in [0.05, 0.1) is 0 Å². The number of nitrogens with one attached hydrogen (secondary N) is 1. The molecule has 5 heteroatoms. The molecular formula is C14H28N2O3. The number of hydrogen-bond acceptors (Lipinski definition) is 3. The minimum Gasteiger partial charge on any atom is -0.480 e. The summed E-state index contributed by atoms with van der Waals surface area (Å²) in [7, 11) is 0. The molecule has 0 aromatic carbocycles. The molecule has 0 rings (SSSR count). The predicted molar refractivity (Wildman–Crippen MR) is 75.8 cm³/mol. The van der Waals surface area contributed by atoms with E-state index in [1.807, 2.05) is 6.92 Å². The maximum atomic E-state index is 12.0. The van der Waals surface area contributed by atoms with Crippen molar-refractivity contribution >= 4 is 11.9 Å². The topological polar surface area (TPSA) is 92.4 Å². The van der Waals surface area contributed by atoms with Gasteiger partial charge in [0.25, 0.3) is 0 Å². The molecule has 19 heavy (non-hydrogen) atoms. The van der Waals surface area contributed by atoms with Crippen LogP contribution in [0, 0.1) is 5.92 Å². The third-order valence-electron chi connectivity index (χ3n) is 3.33. The van der Waals surface area contributed by atoms with E-state index in [2.05, 4.69) is 12.2 Å². The third kappa shape index (κ3) is 7.82. The number of carboxylic acids is 1. The zero-order valence-corrected chi connectivity index (χ0v) is 12.2. The number of hydrogen-bond donors (Lipinski definition) is 3. The average Bonchev–Trinajstić information content (AvgIpc) is 2.38. The Bertz CT molecular complexity index is 269. The van der Waals surface area contributed by atoms with Crippen molar-refractivity contribution in [3.05, 3.63) is 0 Å². The lowest BCUT2D eigenvalue weighted by Gasteiger charge is -2.19. The van der Waals surface area contributed by atoms with Gasteiger partial charge in [-0.05, 0) is 38.6 Å². The van der Waals surface area contributed by atoms with Gasteiger partial charge in [0.15, 0.2) is 0 Å². The second-order valence-electron chi connectivity index (χ2n) is 4.93. The molecule has 0 saturated heterocycles. The summed E-state index contributed by atoms with van der Waals surface area (Å²) in [5.74, 6) is -1.16. The highest BCUT2D eigenvalue weighted by Gasteiger charge is 2.23. The van der Waals surface area contributed by atoms with Crippen LogP contribution in [0.25, 0.3) is 0 Å². The van der Waals surface area contributed by atoms with Gasteiger partial charge in [-0.25, -0.2) is 4.79 Å². The van der Waals surface area contributed by atoms with Crippen molar-refractivity contribution in [3.8, 4) is 0 Å². The Morgan fingerprint density at radius 2 is 1.84 bits per heavy atom. The van der Waals surface area contributed by atoms with Crippen LogP contribution in [0.3, 0.4) is 0 Å². The van der Waals surface area contributed by atoms with E-state index in [4.69, 9.17) is 10.8 Å². The Morgan fingerprint density at radius 3 is 2.32 bits per heavy atom. The largest absolute Gasteiger partial charge is 0.480 e. The Kier molecular flexibility index (Phi) is 10.2.